The van der Waals surface area contributed by atoms with Gasteiger partial charge in [0.05, 0.1) is 17.0 Å². The van der Waals surface area contributed by atoms with Crippen LogP contribution < -0.4 is 0 Å². The molecule has 0 aliphatic carbocycles. The smallest absolute Gasteiger partial charge is 0.255 e. The number of benzene rings is 1. The molecule has 1 amide bonds. The van der Waals surface area contributed by atoms with Gasteiger partial charge < -0.3 is 4.90 Å². The molecule has 0 atom stereocenters. The number of H-pyrrole nitrogens is 1. The number of carbonyl (C=O) groups excluding carboxylic acids is 1. The molecule has 0 bridgehead atoms. The lowest BCUT2D eigenvalue weighted by molar-refractivity contribution is 0.0792. The van der Waals surface area contributed by atoms with Gasteiger partial charge in [0.15, 0.2) is 5.82 Å². The number of aromatic amines is 1. The second kappa shape index (κ2) is 10.4. The van der Waals surface area contributed by atoms with E-state index in [0.29, 0.717) is 17.9 Å². The minimum atomic E-state index is -0.268. The lowest BCUT2D eigenvalue weighted by Crippen LogP contribution is -2.27. The van der Waals surface area contributed by atoms with Crippen LogP contribution >= 0.6 is 0 Å². The van der Waals surface area contributed by atoms with E-state index < -0.39 is 0 Å². The first-order valence-electron chi connectivity index (χ1n) is 11.5. The quantitative estimate of drug-likeness (QED) is 0.360. The number of rotatable bonds is 9. The van der Waals surface area contributed by atoms with Crippen LogP contribution in [0.15, 0.2) is 54.7 Å². The summed E-state index contributed by atoms with van der Waals surface area (Å²) in [5, 5.41) is 11.7. The number of unbranched alkanes of at least 4 members (excludes halogenated alkanes) is 2. The molecule has 0 radical (unpaired) electrons. The van der Waals surface area contributed by atoms with Gasteiger partial charge in [-0.05, 0) is 69.5 Å². The fourth-order valence-corrected chi connectivity index (χ4v) is 3.95. The van der Waals surface area contributed by atoms with E-state index in [9.17, 15) is 9.18 Å². The molecule has 34 heavy (non-hydrogen) atoms. The van der Waals surface area contributed by atoms with Gasteiger partial charge in [-0.2, -0.15) is 10.2 Å². The molecule has 176 valence electrons. The summed E-state index contributed by atoms with van der Waals surface area (Å²) in [5.74, 6) is 0.389. The number of aromatic nitrogens is 5. The third-order valence-electron chi connectivity index (χ3n) is 5.76. The third-order valence-corrected chi connectivity index (χ3v) is 5.76. The third kappa shape index (κ3) is 5.57. The monoisotopic (exact) mass is 460 g/mol. The van der Waals surface area contributed by atoms with Crippen LogP contribution in [-0.4, -0.2) is 49.4 Å². The summed E-state index contributed by atoms with van der Waals surface area (Å²) in [6, 6.07) is 14.0. The SMILES string of the molecule is Cc1cc(C)n(-c2ccc(C(=O)N(C)CCCCCc3cc(-c4cccc(F)c4)n[nH]3)cn2)n1. The van der Waals surface area contributed by atoms with E-state index in [1.165, 1.54) is 12.1 Å². The van der Waals surface area contributed by atoms with Crippen molar-refractivity contribution in [3.63, 3.8) is 0 Å². The first-order chi connectivity index (χ1) is 16.4. The maximum Gasteiger partial charge on any atom is 0.255 e. The van der Waals surface area contributed by atoms with E-state index in [1.54, 1.807) is 27.9 Å². The number of aryl methyl sites for hydroxylation is 3. The van der Waals surface area contributed by atoms with Gasteiger partial charge in [-0.25, -0.2) is 14.1 Å². The van der Waals surface area contributed by atoms with Crippen LogP contribution in [0.1, 0.15) is 46.7 Å². The molecule has 3 aromatic heterocycles. The molecule has 7 nitrogen and oxygen atoms in total. The molecule has 3 heterocycles. The van der Waals surface area contributed by atoms with E-state index >= 15 is 0 Å². The molecule has 8 heteroatoms. The summed E-state index contributed by atoms with van der Waals surface area (Å²) < 4.78 is 15.2. The second-order valence-corrected chi connectivity index (χ2v) is 8.57. The van der Waals surface area contributed by atoms with Crippen molar-refractivity contribution < 1.29 is 9.18 Å². The van der Waals surface area contributed by atoms with E-state index in [4.69, 9.17) is 0 Å². The summed E-state index contributed by atoms with van der Waals surface area (Å²) in [4.78, 5) is 18.9. The molecule has 0 aliphatic rings. The molecule has 1 aromatic carbocycles. The Morgan fingerprint density at radius 2 is 1.94 bits per heavy atom. The van der Waals surface area contributed by atoms with Crippen molar-refractivity contribution in [3.05, 3.63) is 83.2 Å². The van der Waals surface area contributed by atoms with Crippen molar-refractivity contribution in [1.82, 2.24) is 29.9 Å². The Labute approximate surface area is 198 Å². The van der Waals surface area contributed by atoms with Gasteiger partial charge in [-0.1, -0.05) is 18.6 Å². The summed E-state index contributed by atoms with van der Waals surface area (Å²) in [6.07, 6.45) is 5.34. The van der Waals surface area contributed by atoms with Crippen LogP contribution in [0.5, 0.6) is 0 Å². The molecule has 0 saturated heterocycles. The van der Waals surface area contributed by atoms with Gasteiger partial charge in [-0.3, -0.25) is 9.89 Å². The van der Waals surface area contributed by atoms with Crippen LogP contribution in [0.3, 0.4) is 0 Å². The van der Waals surface area contributed by atoms with Crippen molar-refractivity contribution in [2.75, 3.05) is 13.6 Å². The zero-order valence-electron chi connectivity index (χ0n) is 19.8. The molecular weight excluding hydrogens is 431 g/mol. The van der Waals surface area contributed by atoms with Gasteiger partial charge in [0, 0.05) is 36.7 Å². The molecule has 0 unspecified atom stereocenters. The van der Waals surface area contributed by atoms with Gasteiger partial charge in [0.1, 0.15) is 5.82 Å². The van der Waals surface area contributed by atoms with E-state index in [2.05, 4.69) is 20.3 Å². The Kier molecular flexibility index (Phi) is 7.15. The minimum Gasteiger partial charge on any atom is -0.342 e. The second-order valence-electron chi connectivity index (χ2n) is 8.57. The lowest BCUT2D eigenvalue weighted by Gasteiger charge is -2.17. The highest BCUT2D eigenvalue weighted by Gasteiger charge is 2.13. The minimum absolute atomic E-state index is 0.0410. The van der Waals surface area contributed by atoms with Crippen LogP contribution in [0.4, 0.5) is 4.39 Å². The number of carbonyl (C=O) groups is 1. The van der Waals surface area contributed by atoms with Gasteiger partial charge >= 0.3 is 0 Å². The van der Waals surface area contributed by atoms with Crippen LogP contribution in [0.2, 0.25) is 0 Å². The zero-order chi connectivity index (χ0) is 24.1. The Morgan fingerprint density at radius 1 is 1.09 bits per heavy atom. The Morgan fingerprint density at radius 3 is 2.65 bits per heavy atom. The van der Waals surface area contributed by atoms with Gasteiger partial charge in [-0.15, -0.1) is 0 Å². The Hall–Kier alpha value is -3.81. The van der Waals surface area contributed by atoms with Gasteiger partial charge in [0.2, 0.25) is 0 Å². The van der Waals surface area contributed by atoms with Crippen molar-refractivity contribution in [2.24, 2.45) is 0 Å². The maximum absolute atomic E-state index is 13.4. The number of hydrogen-bond donors (Lipinski definition) is 1. The fourth-order valence-electron chi connectivity index (χ4n) is 3.95. The van der Waals surface area contributed by atoms with Crippen LogP contribution in [0, 0.1) is 19.7 Å². The highest BCUT2D eigenvalue weighted by Crippen LogP contribution is 2.19. The number of nitrogens with one attached hydrogen (secondary N) is 1. The normalized spacial score (nSPS) is 11.1. The molecule has 0 spiro atoms. The highest BCUT2D eigenvalue weighted by molar-refractivity contribution is 5.93. The highest BCUT2D eigenvalue weighted by atomic mass is 19.1. The van der Waals surface area contributed by atoms with E-state index in [1.807, 2.05) is 45.2 Å². The number of nitrogens with zero attached hydrogens (tertiary/aromatic N) is 5. The maximum atomic E-state index is 13.4. The largest absolute Gasteiger partial charge is 0.342 e. The number of halogens is 1. The zero-order valence-corrected chi connectivity index (χ0v) is 19.8. The lowest BCUT2D eigenvalue weighted by atomic mass is 10.1. The average molecular weight is 461 g/mol. The molecule has 4 rings (SSSR count). The first-order valence-corrected chi connectivity index (χ1v) is 11.5. The molecule has 0 fully saturated rings. The summed E-state index contributed by atoms with van der Waals surface area (Å²) in [6.45, 7) is 4.59. The summed E-state index contributed by atoms with van der Waals surface area (Å²) >= 11 is 0. The predicted molar refractivity (Wildman–Crippen MR) is 129 cm³/mol. The van der Waals surface area contributed by atoms with Crippen molar-refractivity contribution >= 4 is 5.91 Å². The Bertz CT molecular complexity index is 1260. The van der Waals surface area contributed by atoms with Crippen molar-refractivity contribution in [3.8, 4) is 17.1 Å². The number of pyridine rings is 1. The standard InChI is InChI=1S/C26H29FN6O/c1-18-14-19(2)33(31-18)25-12-11-21(17-28-25)26(34)32(3)13-6-4-5-10-23-16-24(30-29-23)20-8-7-9-22(27)15-20/h7-9,11-12,14-17H,4-6,10,13H2,1-3H3,(H,29,30). The van der Waals surface area contributed by atoms with E-state index in [0.717, 1.165) is 54.0 Å². The van der Waals surface area contributed by atoms with Crippen molar-refractivity contribution in [2.45, 2.75) is 39.5 Å². The van der Waals surface area contributed by atoms with Gasteiger partial charge in [0.25, 0.3) is 5.91 Å². The first kappa shape index (κ1) is 23.4. The molecular formula is C26H29FN6O. The van der Waals surface area contributed by atoms with E-state index in [-0.39, 0.29) is 11.7 Å². The molecule has 4 aromatic rings. The topological polar surface area (TPSA) is 79.7 Å². The Balaban J connectivity index is 1.22. The number of amides is 1. The fraction of sp³-hybridized carbons (Fsp3) is 0.308. The van der Waals surface area contributed by atoms with Crippen LogP contribution in [0.25, 0.3) is 17.1 Å². The number of hydrogen-bond acceptors (Lipinski definition) is 4. The van der Waals surface area contributed by atoms with Crippen LogP contribution in [-0.2, 0) is 6.42 Å². The summed E-state index contributed by atoms with van der Waals surface area (Å²) in [5.41, 5.74) is 5.03. The molecule has 0 aliphatic heterocycles. The predicted octanol–water partition coefficient (Wildman–Crippen LogP) is 4.90. The summed E-state index contributed by atoms with van der Waals surface area (Å²) in [7, 11) is 1.82. The molecule has 1 N–H and O–H groups in total. The van der Waals surface area contributed by atoms with Crippen molar-refractivity contribution in [1.29, 1.82) is 0 Å². The average Bonchev–Trinajstić information content (AvgIpc) is 3.44. The molecule has 0 saturated carbocycles.